The minimum Gasteiger partial charge on any atom is -0.496 e. The number of hydrogen-bond acceptors (Lipinski definition) is 3. The second-order valence-electron chi connectivity index (χ2n) is 5.20. The highest BCUT2D eigenvalue weighted by molar-refractivity contribution is 6.30. The van der Waals surface area contributed by atoms with E-state index in [1.165, 1.54) is 0 Å². The molecule has 0 aliphatic rings. The lowest BCUT2D eigenvalue weighted by Crippen LogP contribution is -2.06. The van der Waals surface area contributed by atoms with Crippen molar-refractivity contribution in [2.24, 2.45) is 7.05 Å². The highest BCUT2D eigenvalue weighted by Gasteiger charge is 2.09. The molecule has 3 aromatic rings. The van der Waals surface area contributed by atoms with E-state index in [2.05, 4.69) is 10.3 Å². The molecule has 0 saturated carbocycles. The summed E-state index contributed by atoms with van der Waals surface area (Å²) >= 11 is 6.07. The second kappa shape index (κ2) is 6.75. The lowest BCUT2D eigenvalue weighted by molar-refractivity contribution is 0.410. The van der Waals surface area contributed by atoms with Crippen molar-refractivity contribution in [3.8, 4) is 17.0 Å². The summed E-state index contributed by atoms with van der Waals surface area (Å²) in [5.74, 6) is 1.66. The van der Waals surface area contributed by atoms with Gasteiger partial charge >= 0.3 is 0 Å². The van der Waals surface area contributed by atoms with Gasteiger partial charge in [0.25, 0.3) is 0 Å². The summed E-state index contributed by atoms with van der Waals surface area (Å²) in [5.41, 5.74) is 3.13. The van der Waals surface area contributed by atoms with Gasteiger partial charge in [0.1, 0.15) is 5.75 Å². The number of aromatic nitrogens is 2. The molecule has 3 rings (SSSR count). The third-order valence-electron chi connectivity index (χ3n) is 3.74. The fraction of sp³-hybridized carbons (Fsp3) is 0.167. The first-order valence-electron chi connectivity index (χ1n) is 7.32. The number of rotatable bonds is 5. The van der Waals surface area contributed by atoms with Gasteiger partial charge in [0.15, 0.2) is 0 Å². The molecular weight excluding hydrogens is 310 g/mol. The summed E-state index contributed by atoms with van der Waals surface area (Å²) < 4.78 is 7.38. The molecule has 0 aliphatic carbocycles. The summed E-state index contributed by atoms with van der Waals surface area (Å²) in [7, 11) is 3.66. The van der Waals surface area contributed by atoms with E-state index in [4.69, 9.17) is 16.3 Å². The van der Waals surface area contributed by atoms with Crippen LogP contribution >= 0.6 is 11.6 Å². The van der Waals surface area contributed by atoms with E-state index in [-0.39, 0.29) is 0 Å². The monoisotopic (exact) mass is 327 g/mol. The van der Waals surface area contributed by atoms with E-state index in [1.54, 1.807) is 7.11 Å². The highest BCUT2D eigenvalue weighted by atomic mass is 35.5. The van der Waals surface area contributed by atoms with Gasteiger partial charge in [-0.15, -0.1) is 0 Å². The Kier molecular flexibility index (Phi) is 4.53. The molecule has 1 aromatic heterocycles. The average Bonchev–Trinajstić information content (AvgIpc) is 2.94. The zero-order valence-corrected chi connectivity index (χ0v) is 13.8. The van der Waals surface area contributed by atoms with Crippen LogP contribution in [0.5, 0.6) is 5.75 Å². The summed E-state index contributed by atoms with van der Waals surface area (Å²) in [4.78, 5) is 4.46. The van der Waals surface area contributed by atoms with Gasteiger partial charge in [0.05, 0.1) is 19.0 Å². The largest absolute Gasteiger partial charge is 0.496 e. The van der Waals surface area contributed by atoms with E-state index >= 15 is 0 Å². The van der Waals surface area contributed by atoms with Crippen LogP contribution in [0.15, 0.2) is 54.7 Å². The smallest absolute Gasteiger partial charge is 0.203 e. The number of halogens is 1. The number of hydrogen-bond donors (Lipinski definition) is 1. The molecule has 5 heteroatoms. The summed E-state index contributed by atoms with van der Waals surface area (Å²) in [6, 6.07) is 15.7. The molecule has 0 aliphatic heterocycles. The van der Waals surface area contributed by atoms with Gasteiger partial charge in [0, 0.05) is 29.7 Å². The van der Waals surface area contributed by atoms with Crippen LogP contribution < -0.4 is 10.1 Å². The van der Waals surface area contributed by atoms with Gasteiger partial charge in [-0.25, -0.2) is 4.98 Å². The summed E-state index contributed by atoms with van der Waals surface area (Å²) in [6.45, 7) is 0.643. The Balaban J connectivity index is 1.80. The Labute approximate surface area is 140 Å². The first-order chi connectivity index (χ1) is 11.2. The number of benzene rings is 2. The van der Waals surface area contributed by atoms with Crippen molar-refractivity contribution in [3.05, 3.63) is 65.3 Å². The molecule has 118 valence electrons. The van der Waals surface area contributed by atoms with Crippen molar-refractivity contribution in [1.82, 2.24) is 9.55 Å². The number of imidazole rings is 1. The molecule has 0 bridgehead atoms. The number of nitrogens with one attached hydrogen (secondary N) is 1. The van der Waals surface area contributed by atoms with E-state index in [9.17, 15) is 0 Å². The van der Waals surface area contributed by atoms with Crippen LogP contribution in [-0.4, -0.2) is 16.7 Å². The lowest BCUT2D eigenvalue weighted by Gasteiger charge is -2.11. The van der Waals surface area contributed by atoms with E-state index < -0.39 is 0 Å². The zero-order chi connectivity index (χ0) is 16.2. The predicted molar refractivity (Wildman–Crippen MR) is 94.0 cm³/mol. The van der Waals surface area contributed by atoms with Gasteiger partial charge in [-0.2, -0.15) is 0 Å². The molecule has 0 saturated heterocycles. The van der Waals surface area contributed by atoms with E-state index in [0.29, 0.717) is 11.6 Å². The van der Waals surface area contributed by atoms with Crippen molar-refractivity contribution in [2.75, 3.05) is 12.4 Å². The third-order valence-corrected chi connectivity index (χ3v) is 3.97. The van der Waals surface area contributed by atoms with Gasteiger partial charge in [-0.3, -0.25) is 0 Å². The minimum atomic E-state index is 0.643. The van der Waals surface area contributed by atoms with Crippen LogP contribution in [0.25, 0.3) is 11.3 Å². The van der Waals surface area contributed by atoms with Gasteiger partial charge in [-0.05, 0) is 18.2 Å². The molecule has 2 aromatic carbocycles. The highest BCUT2D eigenvalue weighted by Crippen LogP contribution is 2.25. The van der Waals surface area contributed by atoms with Crippen molar-refractivity contribution in [3.63, 3.8) is 0 Å². The molecule has 0 atom stereocenters. The molecule has 4 nitrogen and oxygen atoms in total. The third kappa shape index (κ3) is 3.32. The first kappa shape index (κ1) is 15.4. The molecular formula is C18H18ClN3O. The normalized spacial score (nSPS) is 10.6. The molecule has 0 spiro atoms. The minimum absolute atomic E-state index is 0.643. The average molecular weight is 328 g/mol. The molecule has 0 amide bonds. The van der Waals surface area contributed by atoms with Crippen LogP contribution in [0.3, 0.4) is 0 Å². The molecule has 1 N–H and O–H groups in total. The fourth-order valence-electron chi connectivity index (χ4n) is 2.51. The maximum absolute atomic E-state index is 6.07. The Hall–Kier alpha value is -2.46. The SMILES string of the molecule is COc1ccccc1CNc1ncc(-c2cccc(Cl)c2)n1C. The predicted octanol–water partition coefficient (Wildman–Crippen LogP) is 4.36. The maximum atomic E-state index is 6.07. The first-order valence-corrected chi connectivity index (χ1v) is 7.70. The number of para-hydroxylation sites is 1. The Morgan fingerprint density at radius 2 is 2.00 bits per heavy atom. The van der Waals surface area contributed by atoms with Crippen molar-refractivity contribution < 1.29 is 4.74 Å². The number of methoxy groups -OCH3 is 1. The number of nitrogens with zero attached hydrogens (tertiary/aromatic N) is 2. The molecule has 23 heavy (non-hydrogen) atoms. The second-order valence-corrected chi connectivity index (χ2v) is 5.64. The topological polar surface area (TPSA) is 39.1 Å². The lowest BCUT2D eigenvalue weighted by atomic mass is 10.2. The van der Waals surface area contributed by atoms with Crippen LogP contribution in [0.4, 0.5) is 5.95 Å². The molecule has 0 unspecified atom stereocenters. The Bertz CT molecular complexity index is 814. The standard InChI is InChI=1S/C18H18ClN3O/c1-22-16(13-7-5-8-15(19)10-13)12-21-18(22)20-11-14-6-3-4-9-17(14)23-2/h3-10,12H,11H2,1-2H3,(H,20,21). The van der Waals surface area contributed by atoms with Gasteiger partial charge in [-0.1, -0.05) is 41.9 Å². The van der Waals surface area contributed by atoms with Crippen LogP contribution in [0.1, 0.15) is 5.56 Å². The summed E-state index contributed by atoms with van der Waals surface area (Å²) in [5, 5.41) is 4.06. The zero-order valence-electron chi connectivity index (χ0n) is 13.1. The van der Waals surface area contributed by atoms with Crippen LogP contribution in [0.2, 0.25) is 5.02 Å². The number of ether oxygens (including phenoxy) is 1. The summed E-state index contributed by atoms with van der Waals surface area (Å²) in [6.07, 6.45) is 1.84. The van der Waals surface area contributed by atoms with Crippen molar-refractivity contribution in [1.29, 1.82) is 0 Å². The van der Waals surface area contributed by atoms with Crippen LogP contribution in [-0.2, 0) is 13.6 Å². The van der Waals surface area contributed by atoms with Gasteiger partial charge < -0.3 is 14.6 Å². The molecule has 0 fully saturated rings. The van der Waals surface area contributed by atoms with Crippen molar-refractivity contribution in [2.45, 2.75) is 6.54 Å². The van der Waals surface area contributed by atoms with Gasteiger partial charge in [0.2, 0.25) is 5.95 Å². The van der Waals surface area contributed by atoms with E-state index in [0.717, 1.165) is 28.5 Å². The quantitative estimate of drug-likeness (QED) is 0.756. The molecule has 1 heterocycles. The maximum Gasteiger partial charge on any atom is 0.203 e. The van der Waals surface area contributed by atoms with E-state index in [1.807, 2.05) is 66.3 Å². The Morgan fingerprint density at radius 1 is 1.17 bits per heavy atom. The van der Waals surface area contributed by atoms with Crippen molar-refractivity contribution >= 4 is 17.5 Å². The fourth-order valence-corrected chi connectivity index (χ4v) is 2.70. The van der Waals surface area contributed by atoms with Crippen LogP contribution in [0, 0.1) is 0 Å². The number of anilines is 1. The molecule has 0 radical (unpaired) electrons. The Morgan fingerprint density at radius 3 is 2.78 bits per heavy atom.